The Labute approximate surface area is 166 Å². The number of aromatic nitrogens is 2. The fourth-order valence-corrected chi connectivity index (χ4v) is 3.97. The van der Waals surface area contributed by atoms with Crippen LogP contribution >= 0.6 is 11.8 Å². The van der Waals surface area contributed by atoms with Crippen molar-refractivity contribution in [2.75, 3.05) is 20.8 Å². The predicted octanol–water partition coefficient (Wildman–Crippen LogP) is 3.58. The van der Waals surface area contributed by atoms with Gasteiger partial charge in [-0.05, 0) is 32.0 Å². The van der Waals surface area contributed by atoms with Gasteiger partial charge in [0.25, 0.3) is 5.56 Å². The highest BCUT2D eigenvalue weighted by Gasteiger charge is 2.19. The molecule has 2 heterocycles. The normalized spacial score (nSPS) is 12.3. The summed E-state index contributed by atoms with van der Waals surface area (Å²) in [6.45, 7) is 4.02. The Morgan fingerprint density at radius 1 is 1.32 bits per heavy atom. The molecule has 0 unspecified atom stereocenters. The van der Waals surface area contributed by atoms with E-state index in [2.05, 4.69) is 4.98 Å². The topological polar surface area (TPSA) is 83.6 Å². The molecule has 3 aromatic rings. The molecule has 0 radical (unpaired) electrons. The summed E-state index contributed by atoms with van der Waals surface area (Å²) in [7, 11) is 2.93. The van der Waals surface area contributed by atoms with Crippen LogP contribution in [0.5, 0.6) is 0 Å². The zero-order chi connectivity index (χ0) is 20.3. The number of rotatable bonds is 7. The number of esters is 1. The van der Waals surface area contributed by atoms with Crippen molar-refractivity contribution >= 4 is 28.6 Å². The molecule has 0 aliphatic rings. The zero-order valence-electron chi connectivity index (χ0n) is 16.2. The highest BCUT2D eigenvalue weighted by molar-refractivity contribution is 7.98. The summed E-state index contributed by atoms with van der Waals surface area (Å²) in [6.07, 6.45) is 0. The zero-order valence-corrected chi connectivity index (χ0v) is 17.0. The quantitative estimate of drug-likeness (QED) is 0.339. The van der Waals surface area contributed by atoms with Crippen molar-refractivity contribution in [3.8, 4) is 0 Å². The molecule has 3 rings (SSSR count). The number of fused-ring (bicyclic) bond motifs is 1. The summed E-state index contributed by atoms with van der Waals surface area (Å²) < 4.78 is 17.3. The summed E-state index contributed by atoms with van der Waals surface area (Å²) in [4.78, 5) is 29.5. The van der Waals surface area contributed by atoms with E-state index in [-0.39, 0.29) is 11.6 Å². The van der Waals surface area contributed by atoms with Gasteiger partial charge >= 0.3 is 5.97 Å². The van der Waals surface area contributed by atoms with E-state index in [0.717, 1.165) is 0 Å². The maximum atomic E-state index is 13.0. The first-order valence-corrected chi connectivity index (χ1v) is 9.75. The Hall–Kier alpha value is -2.58. The predicted molar refractivity (Wildman–Crippen MR) is 107 cm³/mol. The van der Waals surface area contributed by atoms with Crippen LogP contribution < -0.4 is 5.56 Å². The van der Waals surface area contributed by atoms with Gasteiger partial charge in [0, 0.05) is 7.11 Å². The number of ether oxygens (including phenoxy) is 2. The van der Waals surface area contributed by atoms with Gasteiger partial charge in [-0.2, -0.15) is 0 Å². The molecule has 1 atom stereocenters. The fourth-order valence-electron chi connectivity index (χ4n) is 2.99. The maximum absolute atomic E-state index is 13.0. The van der Waals surface area contributed by atoms with Crippen LogP contribution in [0, 0.1) is 6.92 Å². The average Bonchev–Trinajstić information content (AvgIpc) is 3.06. The number of nitrogens with zero attached hydrogens (tertiary/aromatic N) is 2. The van der Waals surface area contributed by atoms with Crippen LogP contribution in [-0.2, 0) is 15.2 Å². The molecule has 28 heavy (non-hydrogen) atoms. The van der Waals surface area contributed by atoms with Gasteiger partial charge in [0.05, 0.1) is 36.4 Å². The Morgan fingerprint density at radius 3 is 2.79 bits per heavy atom. The SMILES string of the molecule is COC[C@@H](C)n1c(SCc2cc(C(=O)OC)c(C)o2)nc2ccccc2c1=O. The minimum Gasteiger partial charge on any atom is -0.465 e. The molecule has 0 N–H and O–H groups in total. The van der Waals surface area contributed by atoms with Crippen LogP contribution in [0.25, 0.3) is 10.9 Å². The van der Waals surface area contributed by atoms with Crippen LogP contribution in [0.2, 0.25) is 0 Å². The Morgan fingerprint density at radius 2 is 2.07 bits per heavy atom. The summed E-state index contributed by atoms with van der Waals surface area (Å²) in [5.74, 6) is 1.09. The lowest BCUT2D eigenvalue weighted by atomic mass is 10.2. The van der Waals surface area contributed by atoms with Gasteiger partial charge < -0.3 is 13.9 Å². The largest absolute Gasteiger partial charge is 0.465 e. The molecule has 0 saturated heterocycles. The third-order valence-corrected chi connectivity index (χ3v) is 5.32. The second-order valence-electron chi connectivity index (χ2n) is 6.35. The molecule has 0 bridgehead atoms. The van der Waals surface area contributed by atoms with Crippen molar-refractivity contribution in [2.24, 2.45) is 0 Å². The number of aryl methyl sites for hydroxylation is 1. The number of hydrogen-bond donors (Lipinski definition) is 0. The maximum Gasteiger partial charge on any atom is 0.341 e. The van der Waals surface area contributed by atoms with Crippen molar-refractivity contribution in [3.05, 3.63) is 57.8 Å². The summed E-state index contributed by atoms with van der Waals surface area (Å²) in [5, 5.41) is 1.14. The third kappa shape index (κ3) is 3.98. The van der Waals surface area contributed by atoms with Crippen LogP contribution in [-0.4, -0.2) is 36.3 Å². The van der Waals surface area contributed by atoms with Crippen LogP contribution in [0.4, 0.5) is 0 Å². The number of thioether (sulfide) groups is 1. The number of methoxy groups -OCH3 is 2. The molecule has 8 heteroatoms. The molecule has 2 aromatic heterocycles. The van der Waals surface area contributed by atoms with E-state index in [1.165, 1.54) is 18.9 Å². The number of carbonyl (C=O) groups excluding carboxylic acids is 1. The van der Waals surface area contributed by atoms with Crippen molar-refractivity contribution < 1.29 is 18.7 Å². The molecule has 0 saturated carbocycles. The van der Waals surface area contributed by atoms with E-state index in [0.29, 0.717) is 45.5 Å². The Balaban J connectivity index is 1.97. The molecular weight excluding hydrogens is 380 g/mol. The first-order chi connectivity index (χ1) is 13.5. The van der Waals surface area contributed by atoms with Gasteiger partial charge in [0.15, 0.2) is 5.16 Å². The van der Waals surface area contributed by atoms with E-state index in [1.54, 1.807) is 30.7 Å². The molecular formula is C20H22N2O5S. The number of furan rings is 1. The number of carbonyl (C=O) groups is 1. The molecule has 7 nitrogen and oxygen atoms in total. The lowest BCUT2D eigenvalue weighted by Crippen LogP contribution is -2.28. The molecule has 0 aliphatic carbocycles. The highest BCUT2D eigenvalue weighted by atomic mass is 32.2. The van der Waals surface area contributed by atoms with Gasteiger partial charge in [-0.1, -0.05) is 23.9 Å². The van der Waals surface area contributed by atoms with Gasteiger partial charge in [-0.25, -0.2) is 9.78 Å². The second kappa shape index (κ2) is 8.62. The standard InChI is InChI=1S/C20H22N2O5S/c1-12(10-25-3)22-18(23)15-7-5-6-8-17(15)21-20(22)28-11-14-9-16(13(2)27-14)19(24)26-4/h5-9,12H,10-11H2,1-4H3/t12-/m1/s1. The molecule has 0 spiro atoms. The third-order valence-electron chi connectivity index (χ3n) is 4.34. The van der Waals surface area contributed by atoms with Crippen molar-refractivity contribution in [3.63, 3.8) is 0 Å². The molecule has 0 fully saturated rings. The lowest BCUT2D eigenvalue weighted by molar-refractivity contribution is 0.0599. The van der Waals surface area contributed by atoms with E-state index < -0.39 is 5.97 Å². The number of para-hydroxylation sites is 1. The van der Waals surface area contributed by atoms with E-state index in [9.17, 15) is 9.59 Å². The second-order valence-corrected chi connectivity index (χ2v) is 7.30. The summed E-state index contributed by atoms with van der Waals surface area (Å²) in [6, 6.07) is 8.75. The van der Waals surface area contributed by atoms with E-state index in [1.807, 2.05) is 25.1 Å². The smallest absolute Gasteiger partial charge is 0.341 e. The summed E-state index contributed by atoms with van der Waals surface area (Å²) >= 11 is 1.38. The van der Waals surface area contributed by atoms with Gasteiger partial charge in [-0.15, -0.1) is 0 Å². The van der Waals surface area contributed by atoms with Crippen molar-refractivity contribution in [2.45, 2.75) is 30.8 Å². The van der Waals surface area contributed by atoms with Gasteiger partial charge in [-0.3, -0.25) is 9.36 Å². The first kappa shape index (κ1) is 20.2. The van der Waals surface area contributed by atoms with E-state index in [4.69, 9.17) is 13.9 Å². The monoisotopic (exact) mass is 402 g/mol. The lowest BCUT2D eigenvalue weighted by Gasteiger charge is -2.18. The summed E-state index contributed by atoms with van der Waals surface area (Å²) in [5.41, 5.74) is 0.931. The highest BCUT2D eigenvalue weighted by Crippen LogP contribution is 2.27. The number of hydrogen-bond acceptors (Lipinski definition) is 7. The molecule has 0 amide bonds. The van der Waals surface area contributed by atoms with Crippen molar-refractivity contribution in [1.29, 1.82) is 0 Å². The Bertz CT molecular complexity index is 1060. The molecule has 148 valence electrons. The molecule has 0 aliphatic heterocycles. The van der Waals surface area contributed by atoms with Crippen LogP contribution in [0.1, 0.15) is 34.8 Å². The fraction of sp³-hybridized carbons (Fsp3) is 0.350. The first-order valence-electron chi connectivity index (χ1n) is 8.77. The Kier molecular flexibility index (Phi) is 6.21. The minimum absolute atomic E-state index is 0.108. The van der Waals surface area contributed by atoms with Crippen LogP contribution in [0.15, 0.2) is 44.7 Å². The molecule has 1 aromatic carbocycles. The number of benzene rings is 1. The average molecular weight is 402 g/mol. The van der Waals surface area contributed by atoms with Gasteiger partial charge in [0.1, 0.15) is 17.1 Å². The van der Waals surface area contributed by atoms with Gasteiger partial charge in [0.2, 0.25) is 0 Å². The van der Waals surface area contributed by atoms with Crippen LogP contribution in [0.3, 0.4) is 0 Å². The van der Waals surface area contributed by atoms with E-state index >= 15 is 0 Å². The van der Waals surface area contributed by atoms with Crippen molar-refractivity contribution in [1.82, 2.24) is 9.55 Å². The minimum atomic E-state index is -0.438.